The Kier molecular flexibility index (Phi) is 4.84. The van der Waals surface area contributed by atoms with E-state index in [0.29, 0.717) is 6.54 Å². The molecule has 1 aromatic heterocycles. The number of nitrogens with zero attached hydrogens (tertiary/aromatic N) is 2. The molecule has 25 heavy (non-hydrogen) atoms. The van der Waals surface area contributed by atoms with Crippen LogP contribution in [0.2, 0.25) is 0 Å². The predicted octanol–water partition coefficient (Wildman–Crippen LogP) is 3.48. The Morgan fingerprint density at radius 2 is 2.12 bits per heavy atom. The summed E-state index contributed by atoms with van der Waals surface area (Å²) in [6, 6.07) is 8.08. The van der Waals surface area contributed by atoms with Crippen molar-refractivity contribution in [3.63, 3.8) is 0 Å². The van der Waals surface area contributed by atoms with Gasteiger partial charge in [0.2, 0.25) is 5.91 Å². The van der Waals surface area contributed by atoms with Gasteiger partial charge in [-0.3, -0.25) is 9.48 Å². The average Bonchev–Trinajstić information content (AvgIpc) is 2.98. The van der Waals surface area contributed by atoms with Gasteiger partial charge in [0.1, 0.15) is 5.75 Å². The molecule has 5 nitrogen and oxygen atoms in total. The normalized spacial score (nSPS) is 17.0. The molecule has 0 bridgehead atoms. The highest BCUT2D eigenvalue weighted by atomic mass is 16.5. The molecule has 5 heteroatoms. The van der Waals surface area contributed by atoms with E-state index >= 15 is 0 Å². The number of fused-ring (bicyclic) bond motifs is 1. The van der Waals surface area contributed by atoms with E-state index in [1.807, 2.05) is 49.8 Å². The van der Waals surface area contributed by atoms with Crippen LogP contribution in [-0.2, 0) is 17.8 Å². The molecule has 1 unspecified atom stereocenters. The number of hydrogen-bond acceptors (Lipinski definition) is 3. The maximum atomic E-state index is 12.4. The highest BCUT2D eigenvalue weighted by Gasteiger charge is 2.29. The van der Waals surface area contributed by atoms with E-state index < -0.39 is 0 Å². The topological polar surface area (TPSA) is 56.1 Å². The summed E-state index contributed by atoms with van der Waals surface area (Å²) in [6.07, 6.45) is 4.93. The van der Waals surface area contributed by atoms with E-state index in [2.05, 4.69) is 16.5 Å². The van der Waals surface area contributed by atoms with Gasteiger partial charge in [0.05, 0.1) is 25.9 Å². The summed E-state index contributed by atoms with van der Waals surface area (Å²) < 4.78 is 7.50. The first-order valence-electron chi connectivity index (χ1n) is 8.87. The SMILES string of the molecule is COc1ccccc1Cn1ncc2c1CCCC2NC(=O)C(C)(C)C. The van der Waals surface area contributed by atoms with Crippen LogP contribution in [0.15, 0.2) is 30.5 Å². The van der Waals surface area contributed by atoms with E-state index in [9.17, 15) is 4.79 Å². The molecule has 134 valence electrons. The minimum absolute atomic E-state index is 0.0573. The van der Waals surface area contributed by atoms with Crippen LogP contribution in [0.5, 0.6) is 5.75 Å². The number of rotatable bonds is 4. The Hall–Kier alpha value is -2.30. The number of amides is 1. The monoisotopic (exact) mass is 341 g/mol. The molecule has 0 fully saturated rings. The van der Waals surface area contributed by atoms with Gasteiger partial charge in [0.25, 0.3) is 0 Å². The summed E-state index contributed by atoms with van der Waals surface area (Å²) in [5.74, 6) is 0.961. The number of ether oxygens (including phenoxy) is 1. The third-order valence-corrected chi connectivity index (χ3v) is 4.76. The van der Waals surface area contributed by atoms with Crippen molar-refractivity contribution in [1.29, 1.82) is 0 Å². The van der Waals surface area contributed by atoms with Crippen molar-refractivity contribution in [3.05, 3.63) is 47.3 Å². The van der Waals surface area contributed by atoms with Gasteiger partial charge >= 0.3 is 0 Å². The van der Waals surface area contributed by atoms with E-state index in [-0.39, 0.29) is 17.4 Å². The van der Waals surface area contributed by atoms with Gasteiger partial charge in [-0.25, -0.2) is 0 Å². The highest BCUT2D eigenvalue weighted by molar-refractivity contribution is 5.81. The fourth-order valence-electron chi connectivity index (χ4n) is 3.27. The molecule has 1 aliphatic rings. The van der Waals surface area contributed by atoms with E-state index in [4.69, 9.17) is 4.74 Å². The Bertz CT molecular complexity index is 759. The summed E-state index contributed by atoms with van der Waals surface area (Å²) in [5, 5.41) is 7.80. The lowest BCUT2D eigenvalue weighted by Gasteiger charge is -2.27. The molecule has 1 aliphatic carbocycles. The van der Waals surface area contributed by atoms with Gasteiger partial charge in [-0.2, -0.15) is 5.10 Å². The van der Waals surface area contributed by atoms with Crippen molar-refractivity contribution < 1.29 is 9.53 Å². The summed E-state index contributed by atoms with van der Waals surface area (Å²) >= 11 is 0. The van der Waals surface area contributed by atoms with Crippen molar-refractivity contribution in [1.82, 2.24) is 15.1 Å². The predicted molar refractivity (Wildman–Crippen MR) is 97.6 cm³/mol. The molecule has 2 aromatic rings. The zero-order chi connectivity index (χ0) is 18.0. The number of nitrogens with one attached hydrogen (secondary N) is 1. The Morgan fingerprint density at radius 3 is 2.84 bits per heavy atom. The summed E-state index contributed by atoms with van der Waals surface area (Å²) in [5.41, 5.74) is 3.09. The molecule has 3 rings (SSSR count). The van der Waals surface area contributed by atoms with Crippen molar-refractivity contribution in [2.75, 3.05) is 7.11 Å². The lowest BCUT2D eigenvalue weighted by molar-refractivity contribution is -0.129. The fraction of sp³-hybridized carbons (Fsp3) is 0.500. The van der Waals surface area contributed by atoms with Crippen LogP contribution >= 0.6 is 0 Å². The molecule has 0 spiro atoms. The largest absolute Gasteiger partial charge is 0.496 e. The van der Waals surface area contributed by atoms with Gasteiger partial charge < -0.3 is 10.1 Å². The van der Waals surface area contributed by atoms with Crippen LogP contribution in [0.1, 0.15) is 56.5 Å². The third-order valence-electron chi connectivity index (χ3n) is 4.76. The summed E-state index contributed by atoms with van der Waals surface area (Å²) in [7, 11) is 1.69. The van der Waals surface area contributed by atoms with Gasteiger partial charge in [-0.05, 0) is 25.3 Å². The van der Waals surface area contributed by atoms with Crippen LogP contribution in [0.3, 0.4) is 0 Å². The fourth-order valence-corrected chi connectivity index (χ4v) is 3.27. The molecule has 0 radical (unpaired) electrons. The molecule has 1 atom stereocenters. The van der Waals surface area contributed by atoms with E-state index in [0.717, 1.165) is 36.1 Å². The molecule has 1 aromatic carbocycles. The van der Waals surface area contributed by atoms with Gasteiger partial charge in [-0.1, -0.05) is 39.0 Å². The standard InChI is InChI=1S/C20H27N3O2/c1-20(2,3)19(24)22-16-9-7-10-17-15(16)12-21-23(17)13-14-8-5-6-11-18(14)25-4/h5-6,8,11-12,16H,7,9-10,13H2,1-4H3,(H,22,24). The highest BCUT2D eigenvalue weighted by Crippen LogP contribution is 2.31. The molecular weight excluding hydrogens is 314 g/mol. The first-order valence-corrected chi connectivity index (χ1v) is 8.87. The molecule has 1 heterocycles. The number of carbonyl (C=O) groups is 1. The molecule has 0 saturated carbocycles. The zero-order valence-corrected chi connectivity index (χ0v) is 15.5. The molecule has 1 N–H and O–H groups in total. The zero-order valence-electron chi connectivity index (χ0n) is 15.5. The number of hydrogen-bond donors (Lipinski definition) is 1. The van der Waals surface area contributed by atoms with Crippen LogP contribution in [0.4, 0.5) is 0 Å². The van der Waals surface area contributed by atoms with Gasteiger partial charge in [-0.15, -0.1) is 0 Å². The Labute approximate surface area is 149 Å². The Morgan fingerprint density at radius 1 is 1.36 bits per heavy atom. The number of carbonyl (C=O) groups excluding carboxylic acids is 1. The van der Waals surface area contributed by atoms with Crippen LogP contribution in [0.25, 0.3) is 0 Å². The van der Waals surface area contributed by atoms with E-state index in [1.54, 1.807) is 7.11 Å². The molecule has 0 saturated heterocycles. The summed E-state index contributed by atoms with van der Waals surface area (Å²) in [6.45, 7) is 6.50. The van der Waals surface area contributed by atoms with Crippen LogP contribution in [-0.4, -0.2) is 22.8 Å². The summed E-state index contributed by atoms with van der Waals surface area (Å²) in [4.78, 5) is 12.4. The molecule has 0 aliphatic heterocycles. The lowest BCUT2D eigenvalue weighted by Crippen LogP contribution is -2.38. The second-order valence-electron chi connectivity index (χ2n) is 7.68. The number of methoxy groups -OCH3 is 1. The van der Waals surface area contributed by atoms with Crippen molar-refractivity contribution >= 4 is 5.91 Å². The average molecular weight is 341 g/mol. The number of para-hydroxylation sites is 1. The molecule has 1 amide bonds. The minimum Gasteiger partial charge on any atom is -0.496 e. The smallest absolute Gasteiger partial charge is 0.225 e. The van der Waals surface area contributed by atoms with Gasteiger partial charge in [0.15, 0.2) is 0 Å². The second kappa shape index (κ2) is 6.90. The quantitative estimate of drug-likeness (QED) is 0.926. The lowest BCUT2D eigenvalue weighted by atomic mass is 9.90. The Balaban J connectivity index is 1.83. The maximum absolute atomic E-state index is 12.4. The first-order chi connectivity index (χ1) is 11.9. The second-order valence-corrected chi connectivity index (χ2v) is 7.68. The van der Waals surface area contributed by atoms with Crippen molar-refractivity contribution in [3.8, 4) is 5.75 Å². The van der Waals surface area contributed by atoms with Crippen LogP contribution in [0, 0.1) is 5.41 Å². The molecular formula is C20H27N3O2. The van der Waals surface area contributed by atoms with Crippen LogP contribution < -0.4 is 10.1 Å². The van der Waals surface area contributed by atoms with E-state index in [1.165, 1.54) is 5.69 Å². The van der Waals surface area contributed by atoms with Gasteiger partial charge in [0, 0.05) is 22.2 Å². The number of aromatic nitrogens is 2. The van der Waals surface area contributed by atoms with Crippen molar-refractivity contribution in [2.45, 2.75) is 52.6 Å². The first kappa shape index (κ1) is 17.5. The maximum Gasteiger partial charge on any atom is 0.225 e. The minimum atomic E-state index is -0.384. The van der Waals surface area contributed by atoms with Crippen molar-refractivity contribution in [2.24, 2.45) is 5.41 Å². The third kappa shape index (κ3) is 3.70. The number of benzene rings is 1.